The Morgan fingerprint density at radius 1 is 1.36 bits per heavy atom. The standard InChI is InChI=1S/C12H22O2/c1-12(2,3)11(14)8-10(13)9-6-4-5-7-9/h9-10,13H,4-8H2,1-3H3/t10-/m1/s1. The minimum absolute atomic E-state index is 0.178. The van der Waals surface area contributed by atoms with Crippen molar-refractivity contribution in [2.75, 3.05) is 0 Å². The quantitative estimate of drug-likeness (QED) is 0.756. The molecule has 2 heteroatoms. The molecule has 0 aromatic rings. The second kappa shape index (κ2) is 4.43. The molecule has 0 aromatic heterocycles. The summed E-state index contributed by atoms with van der Waals surface area (Å²) < 4.78 is 0. The lowest BCUT2D eigenvalue weighted by Crippen LogP contribution is -2.28. The van der Waals surface area contributed by atoms with Gasteiger partial charge in [-0.05, 0) is 18.8 Å². The highest BCUT2D eigenvalue weighted by Gasteiger charge is 2.29. The zero-order valence-corrected chi connectivity index (χ0v) is 9.55. The van der Waals surface area contributed by atoms with E-state index in [1.807, 2.05) is 20.8 Å². The van der Waals surface area contributed by atoms with E-state index in [9.17, 15) is 9.90 Å². The van der Waals surface area contributed by atoms with Crippen molar-refractivity contribution < 1.29 is 9.90 Å². The van der Waals surface area contributed by atoms with Crippen LogP contribution in [0, 0.1) is 11.3 Å². The molecular weight excluding hydrogens is 176 g/mol. The van der Waals surface area contributed by atoms with E-state index < -0.39 is 6.10 Å². The lowest BCUT2D eigenvalue weighted by molar-refractivity contribution is -0.129. The summed E-state index contributed by atoms with van der Waals surface area (Å²) in [6.45, 7) is 5.74. The van der Waals surface area contributed by atoms with Crippen LogP contribution in [0.2, 0.25) is 0 Å². The van der Waals surface area contributed by atoms with E-state index in [1.165, 1.54) is 12.8 Å². The lowest BCUT2D eigenvalue weighted by Gasteiger charge is -2.22. The van der Waals surface area contributed by atoms with Crippen molar-refractivity contribution in [1.82, 2.24) is 0 Å². The summed E-state index contributed by atoms with van der Waals surface area (Å²) in [5.74, 6) is 0.554. The molecular formula is C12H22O2. The van der Waals surface area contributed by atoms with Crippen LogP contribution in [-0.4, -0.2) is 17.0 Å². The first-order valence-electron chi connectivity index (χ1n) is 5.62. The van der Waals surface area contributed by atoms with Gasteiger partial charge >= 0.3 is 0 Å². The Bertz CT molecular complexity index is 197. The van der Waals surface area contributed by atoms with E-state index in [0.29, 0.717) is 12.3 Å². The van der Waals surface area contributed by atoms with Gasteiger partial charge in [-0.15, -0.1) is 0 Å². The monoisotopic (exact) mass is 198 g/mol. The van der Waals surface area contributed by atoms with Gasteiger partial charge in [-0.1, -0.05) is 33.6 Å². The van der Waals surface area contributed by atoms with Gasteiger partial charge in [0.05, 0.1) is 6.10 Å². The van der Waals surface area contributed by atoms with E-state index in [-0.39, 0.29) is 11.2 Å². The summed E-state index contributed by atoms with van der Waals surface area (Å²) in [7, 11) is 0. The molecule has 0 unspecified atom stereocenters. The van der Waals surface area contributed by atoms with Crippen molar-refractivity contribution in [3.63, 3.8) is 0 Å². The predicted octanol–water partition coefficient (Wildman–Crippen LogP) is 2.54. The van der Waals surface area contributed by atoms with Gasteiger partial charge in [0, 0.05) is 11.8 Å². The maximum atomic E-state index is 11.7. The van der Waals surface area contributed by atoms with Crippen LogP contribution < -0.4 is 0 Å². The summed E-state index contributed by atoms with van der Waals surface area (Å²) in [6.07, 6.45) is 4.56. The predicted molar refractivity (Wildman–Crippen MR) is 57.0 cm³/mol. The summed E-state index contributed by atoms with van der Waals surface area (Å²) in [4.78, 5) is 11.7. The van der Waals surface area contributed by atoms with Crippen LogP contribution in [0.15, 0.2) is 0 Å². The molecule has 82 valence electrons. The number of aliphatic hydroxyl groups is 1. The smallest absolute Gasteiger partial charge is 0.140 e. The number of carbonyl (C=O) groups excluding carboxylic acids is 1. The SMILES string of the molecule is CC(C)(C)C(=O)C[C@@H](O)C1CCCC1. The molecule has 1 rings (SSSR count). The molecule has 0 spiro atoms. The van der Waals surface area contributed by atoms with Crippen molar-refractivity contribution >= 4 is 5.78 Å². The molecule has 0 aromatic carbocycles. The normalized spacial score (nSPS) is 21.1. The number of ketones is 1. The molecule has 0 radical (unpaired) electrons. The van der Waals surface area contributed by atoms with E-state index in [1.54, 1.807) is 0 Å². The van der Waals surface area contributed by atoms with Gasteiger partial charge in [0.1, 0.15) is 5.78 Å². The van der Waals surface area contributed by atoms with Crippen molar-refractivity contribution in [3.8, 4) is 0 Å². The van der Waals surface area contributed by atoms with Gasteiger partial charge in [-0.3, -0.25) is 4.79 Å². The average molecular weight is 198 g/mol. The Morgan fingerprint density at radius 2 is 1.86 bits per heavy atom. The molecule has 1 N–H and O–H groups in total. The van der Waals surface area contributed by atoms with Gasteiger partial charge < -0.3 is 5.11 Å². The van der Waals surface area contributed by atoms with Crippen molar-refractivity contribution in [3.05, 3.63) is 0 Å². The molecule has 2 nitrogen and oxygen atoms in total. The number of hydrogen-bond acceptors (Lipinski definition) is 2. The highest BCUT2D eigenvalue weighted by Crippen LogP contribution is 2.30. The summed E-state index contributed by atoms with van der Waals surface area (Å²) >= 11 is 0. The van der Waals surface area contributed by atoms with Crippen molar-refractivity contribution in [2.24, 2.45) is 11.3 Å². The molecule has 1 saturated carbocycles. The van der Waals surface area contributed by atoms with Gasteiger partial charge in [-0.25, -0.2) is 0 Å². The first-order valence-corrected chi connectivity index (χ1v) is 5.62. The number of aliphatic hydroxyl groups excluding tert-OH is 1. The van der Waals surface area contributed by atoms with Crippen LogP contribution in [0.25, 0.3) is 0 Å². The fourth-order valence-electron chi connectivity index (χ4n) is 2.00. The number of rotatable bonds is 3. The second-order valence-corrected chi connectivity index (χ2v) is 5.49. The molecule has 0 amide bonds. The van der Waals surface area contributed by atoms with Crippen LogP contribution >= 0.6 is 0 Å². The van der Waals surface area contributed by atoms with E-state index >= 15 is 0 Å². The lowest BCUT2D eigenvalue weighted by atomic mass is 9.85. The maximum Gasteiger partial charge on any atom is 0.140 e. The van der Waals surface area contributed by atoms with E-state index in [0.717, 1.165) is 12.8 Å². The van der Waals surface area contributed by atoms with Crippen LogP contribution in [0.4, 0.5) is 0 Å². The fraction of sp³-hybridized carbons (Fsp3) is 0.917. The van der Waals surface area contributed by atoms with Gasteiger partial charge in [0.2, 0.25) is 0 Å². The molecule has 0 bridgehead atoms. The molecule has 0 saturated heterocycles. The molecule has 0 heterocycles. The van der Waals surface area contributed by atoms with Gasteiger partial charge in [0.15, 0.2) is 0 Å². The highest BCUT2D eigenvalue weighted by atomic mass is 16.3. The summed E-state index contributed by atoms with van der Waals surface area (Å²) in [5, 5.41) is 9.86. The Balaban J connectivity index is 2.39. The first kappa shape index (κ1) is 11.7. The van der Waals surface area contributed by atoms with Crippen LogP contribution in [0.5, 0.6) is 0 Å². The van der Waals surface area contributed by atoms with Gasteiger partial charge in [0.25, 0.3) is 0 Å². The topological polar surface area (TPSA) is 37.3 Å². The largest absolute Gasteiger partial charge is 0.392 e. The van der Waals surface area contributed by atoms with Crippen LogP contribution in [0.1, 0.15) is 52.9 Å². The minimum Gasteiger partial charge on any atom is -0.392 e. The molecule has 1 atom stereocenters. The number of Topliss-reactive ketones (excluding diaryl/α,β-unsaturated/α-hetero) is 1. The third-order valence-corrected chi connectivity index (χ3v) is 3.18. The molecule has 0 aliphatic heterocycles. The summed E-state index contributed by atoms with van der Waals surface area (Å²) in [6, 6.07) is 0. The van der Waals surface area contributed by atoms with Crippen LogP contribution in [-0.2, 0) is 4.79 Å². The number of carbonyl (C=O) groups is 1. The molecule has 1 aliphatic carbocycles. The van der Waals surface area contributed by atoms with Crippen LogP contribution in [0.3, 0.4) is 0 Å². The first-order chi connectivity index (χ1) is 6.41. The Kier molecular flexibility index (Phi) is 3.71. The van der Waals surface area contributed by atoms with E-state index in [2.05, 4.69) is 0 Å². The average Bonchev–Trinajstić information content (AvgIpc) is 2.53. The third-order valence-electron chi connectivity index (χ3n) is 3.18. The maximum absolute atomic E-state index is 11.7. The van der Waals surface area contributed by atoms with Crippen molar-refractivity contribution in [1.29, 1.82) is 0 Å². The van der Waals surface area contributed by atoms with Gasteiger partial charge in [-0.2, -0.15) is 0 Å². The third kappa shape index (κ3) is 3.09. The Morgan fingerprint density at radius 3 is 2.29 bits per heavy atom. The molecule has 1 fully saturated rings. The second-order valence-electron chi connectivity index (χ2n) is 5.49. The Hall–Kier alpha value is -0.370. The number of hydrogen-bond donors (Lipinski definition) is 1. The van der Waals surface area contributed by atoms with Crippen molar-refractivity contribution in [2.45, 2.75) is 59.0 Å². The zero-order valence-electron chi connectivity index (χ0n) is 9.55. The highest BCUT2D eigenvalue weighted by molar-refractivity contribution is 5.84. The summed E-state index contributed by atoms with van der Waals surface area (Å²) in [5.41, 5.74) is -0.306. The minimum atomic E-state index is -0.399. The molecule has 14 heavy (non-hydrogen) atoms. The zero-order chi connectivity index (χ0) is 10.8. The Labute approximate surface area is 86.7 Å². The van der Waals surface area contributed by atoms with E-state index in [4.69, 9.17) is 0 Å². The fourth-order valence-corrected chi connectivity index (χ4v) is 2.00. The molecule has 1 aliphatic rings.